The molecule has 0 radical (unpaired) electrons. The van der Waals surface area contributed by atoms with Crippen molar-refractivity contribution in [3.05, 3.63) is 45.1 Å². The van der Waals surface area contributed by atoms with Gasteiger partial charge >= 0.3 is 0 Å². The van der Waals surface area contributed by atoms with Crippen LogP contribution in [0.4, 0.5) is 0 Å². The van der Waals surface area contributed by atoms with Crippen molar-refractivity contribution < 1.29 is 4.74 Å². The van der Waals surface area contributed by atoms with Gasteiger partial charge in [-0.15, -0.1) is 0 Å². The minimum absolute atomic E-state index is 0.0449. The fourth-order valence-corrected chi connectivity index (χ4v) is 3.29. The summed E-state index contributed by atoms with van der Waals surface area (Å²) < 4.78 is 8.40. The van der Waals surface area contributed by atoms with Crippen LogP contribution in [0.5, 0.6) is 5.75 Å². The number of methoxy groups -OCH3 is 1. The summed E-state index contributed by atoms with van der Waals surface area (Å²) in [5.74, 6) is 0.768. The Kier molecular flexibility index (Phi) is 5.30. The molecule has 2 aromatic rings. The van der Waals surface area contributed by atoms with Gasteiger partial charge in [0.1, 0.15) is 5.69 Å². The number of benzene rings is 1. The van der Waals surface area contributed by atoms with Crippen LogP contribution in [0.15, 0.2) is 28.9 Å². The maximum Gasteiger partial charge on any atom is 0.161 e. The van der Waals surface area contributed by atoms with Crippen LogP contribution in [0, 0.1) is 0 Å². The molecule has 6 heteroatoms. The van der Waals surface area contributed by atoms with Crippen LogP contribution in [-0.4, -0.2) is 23.9 Å². The van der Waals surface area contributed by atoms with Crippen LogP contribution < -0.4 is 10.1 Å². The van der Waals surface area contributed by atoms with Gasteiger partial charge in [0.2, 0.25) is 0 Å². The molecular weight excluding hydrogens is 354 g/mol. The molecular formula is C15H19BrClN3O. The van der Waals surface area contributed by atoms with Crippen LogP contribution in [0.1, 0.15) is 37.2 Å². The zero-order chi connectivity index (χ0) is 15.6. The molecule has 0 spiro atoms. The molecule has 0 aliphatic rings. The predicted octanol–water partition coefficient (Wildman–Crippen LogP) is 4.20. The van der Waals surface area contributed by atoms with Crippen LogP contribution >= 0.6 is 27.5 Å². The van der Waals surface area contributed by atoms with Crippen LogP contribution in [-0.2, 0) is 0 Å². The Hall–Kier alpha value is -1.04. The Bertz CT molecular complexity index is 627. The minimum atomic E-state index is -0.0449. The summed E-state index contributed by atoms with van der Waals surface area (Å²) in [7, 11) is 3.58. The van der Waals surface area contributed by atoms with Gasteiger partial charge in [-0.3, -0.25) is 4.68 Å². The van der Waals surface area contributed by atoms with Crippen molar-refractivity contribution in [1.82, 2.24) is 15.1 Å². The molecule has 21 heavy (non-hydrogen) atoms. The third-order valence-electron chi connectivity index (χ3n) is 3.34. The molecule has 0 aliphatic heterocycles. The highest BCUT2D eigenvalue weighted by Crippen LogP contribution is 2.35. The number of ether oxygens (including phenoxy) is 1. The minimum Gasteiger partial charge on any atom is -0.493 e. The van der Waals surface area contributed by atoms with Gasteiger partial charge in [0, 0.05) is 15.5 Å². The number of hydrogen-bond donors (Lipinski definition) is 1. The number of hydrogen-bond acceptors (Lipinski definition) is 3. The number of rotatable bonds is 5. The van der Waals surface area contributed by atoms with E-state index in [1.807, 2.05) is 29.9 Å². The maximum atomic E-state index is 6.04. The zero-order valence-electron chi connectivity index (χ0n) is 12.5. The van der Waals surface area contributed by atoms with Crippen LogP contribution in [0.3, 0.4) is 0 Å². The van der Waals surface area contributed by atoms with E-state index in [9.17, 15) is 0 Å². The lowest BCUT2D eigenvalue weighted by molar-refractivity contribution is 0.396. The van der Waals surface area contributed by atoms with E-state index < -0.39 is 0 Å². The fourth-order valence-electron chi connectivity index (χ4n) is 2.37. The molecule has 0 amide bonds. The molecule has 2 rings (SSSR count). The van der Waals surface area contributed by atoms with Crippen molar-refractivity contribution in [2.45, 2.75) is 25.9 Å². The molecule has 0 saturated heterocycles. The van der Waals surface area contributed by atoms with Crippen molar-refractivity contribution in [1.29, 1.82) is 0 Å². The van der Waals surface area contributed by atoms with Gasteiger partial charge in [0.25, 0.3) is 0 Å². The fraction of sp³-hybridized carbons (Fsp3) is 0.400. The smallest absolute Gasteiger partial charge is 0.161 e. The van der Waals surface area contributed by atoms with E-state index in [1.54, 1.807) is 13.3 Å². The lowest BCUT2D eigenvalue weighted by Gasteiger charge is -2.22. The largest absolute Gasteiger partial charge is 0.493 e. The van der Waals surface area contributed by atoms with Crippen molar-refractivity contribution in [3.8, 4) is 5.75 Å². The van der Waals surface area contributed by atoms with Gasteiger partial charge in [0.05, 0.1) is 19.3 Å². The molecule has 4 nitrogen and oxygen atoms in total. The van der Waals surface area contributed by atoms with E-state index in [4.69, 9.17) is 16.3 Å². The number of nitrogens with one attached hydrogen (secondary N) is 1. The third-order valence-corrected chi connectivity index (χ3v) is 4.27. The summed E-state index contributed by atoms with van der Waals surface area (Å²) >= 11 is 9.62. The third kappa shape index (κ3) is 3.25. The second-order valence-corrected chi connectivity index (χ2v) is 6.31. The Morgan fingerprint density at radius 3 is 2.62 bits per heavy atom. The Balaban J connectivity index is 2.58. The van der Waals surface area contributed by atoms with E-state index in [0.717, 1.165) is 21.5 Å². The van der Waals surface area contributed by atoms with Gasteiger partial charge in [-0.05, 0) is 38.6 Å². The summed E-state index contributed by atoms with van der Waals surface area (Å²) in [6.07, 6.45) is 1.75. The Labute approximate surface area is 138 Å². The number of halogens is 2. The average molecular weight is 373 g/mol. The van der Waals surface area contributed by atoms with Crippen molar-refractivity contribution in [2.24, 2.45) is 0 Å². The molecule has 0 saturated carbocycles. The molecule has 1 heterocycles. The molecule has 0 bridgehead atoms. The average Bonchev–Trinajstić information content (AvgIpc) is 2.86. The van der Waals surface area contributed by atoms with Gasteiger partial charge in [-0.25, -0.2) is 0 Å². The summed E-state index contributed by atoms with van der Waals surface area (Å²) in [6.45, 7) is 4.19. The van der Waals surface area contributed by atoms with Crippen molar-refractivity contribution >= 4 is 27.5 Å². The molecule has 1 aromatic carbocycles. The zero-order valence-corrected chi connectivity index (χ0v) is 14.9. The highest BCUT2D eigenvalue weighted by molar-refractivity contribution is 9.10. The topological polar surface area (TPSA) is 39.1 Å². The lowest BCUT2D eigenvalue weighted by atomic mass is 10.0. The van der Waals surface area contributed by atoms with E-state index in [2.05, 4.69) is 40.2 Å². The van der Waals surface area contributed by atoms with Gasteiger partial charge in [-0.2, -0.15) is 5.10 Å². The molecule has 114 valence electrons. The first kappa shape index (κ1) is 16.3. The van der Waals surface area contributed by atoms with Crippen LogP contribution in [0.25, 0.3) is 0 Å². The first-order chi connectivity index (χ1) is 9.99. The summed E-state index contributed by atoms with van der Waals surface area (Å²) in [4.78, 5) is 0. The highest BCUT2D eigenvalue weighted by Gasteiger charge is 2.25. The molecule has 1 unspecified atom stereocenters. The highest BCUT2D eigenvalue weighted by atomic mass is 79.9. The monoisotopic (exact) mass is 371 g/mol. The predicted molar refractivity (Wildman–Crippen MR) is 89.2 cm³/mol. The van der Waals surface area contributed by atoms with E-state index in [-0.39, 0.29) is 12.1 Å². The molecule has 1 N–H and O–H groups in total. The summed E-state index contributed by atoms with van der Waals surface area (Å²) in [6, 6.07) is 5.98. The summed E-state index contributed by atoms with van der Waals surface area (Å²) in [5, 5.41) is 8.47. The van der Waals surface area contributed by atoms with Crippen molar-refractivity contribution in [2.75, 3.05) is 14.2 Å². The van der Waals surface area contributed by atoms with Gasteiger partial charge < -0.3 is 10.1 Å². The van der Waals surface area contributed by atoms with E-state index in [0.29, 0.717) is 5.02 Å². The number of nitrogens with zero attached hydrogens (tertiary/aromatic N) is 2. The standard InChI is InChI=1S/C15H19BrClN3O/c1-9(2)20-15(13(21-4)8-19-20)14(18-3)11-6-5-10(17)7-12(11)16/h5-9,14,18H,1-4H3. The second kappa shape index (κ2) is 6.81. The van der Waals surface area contributed by atoms with E-state index in [1.165, 1.54) is 0 Å². The normalized spacial score (nSPS) is 12.7. The van der Waals surface area contributed by atoms with Crippen molar-refractivity contribution in [3.63, 3.8) is 0 Å². The first-order valence-electron chi connectivity index (χ1n) is 6.73. The maximum absolute atomic E-state index is 6.04. The molecule has 1 aromatic heterocycles. The SMILES string of the molecule is CNC(c1ccc(Cl)cc1Br)c1c(OC)cnn1C(C)C. The van der Waals surface area contributed by atoms with Gasteiger partial charge in [-0.1, -0.05) is 33.6 Å². The van der Waals surface area contributed by atoms with Gasteiger partial charge in [0.15, 0.2) is 5.75 Å². The Morgan fingerprint density at radius 2 is 2.10 bits per heavy atom. The molecule has 0 aliphatic carbocycles. The Morgan fingerprint density at radius 1 is 1.38 bits per heavy atom. The lowest BCUT2D eigenvalue weighted by Crippen LogP contribution is -2.23. The van der Waals surface area contributed by atoms with E-state index >= 15 is 0 Å². The second-order valence-electron chi connectivity index (χ2n) is 5.02. The molecule has 0 fully saturated rings. The number of aromatic nitrogens is 2. The first-order valence-corrected chi connectivity index (χ1v) is 7.90. The molecule has 1 atom stereocenters. The quantitative estimate of drug-likeness (QED) is 0.855. The summed E-state index contributed by atoms with van der Waals surface area (Å²) in [5.41, 5.74) is 2.08. The van der Waals surface area contributed by atoms with Crippen LogP contribution in [0.2, 0.25) is 5.02 Å².